The van der Waals surface area contributed by atoms with Gasteiger partial charge < -0.3 is 5.73 Å². The number of aromatic nitrogens is 1. The van der Waals surface area contributed by atoms with E-state index >= 15 is 0 Å². The predicted octanol–water partition coefficient (Wildman–Crippen LogP) is 2.72. The summed E-state index contributed by atoms with van der Waals surface area (Å²) in [6, 6.07) is 1.51. The number of pyridine rings is 1. The lowest BCUT2D eigenvalue weighted by Crippen LogP contribution is -2.10. The minimum Gasteiger partial charge on any atom is -0.323 e. The van der Waals surface area contributed by atoms with Crippen LogP contribution in [0.25, 0.3) is 0 Å². The average Bonchev–Trinajstić information content (AvgIpc) is 2.04. The molecule has 0 aliphatic carbocycles. The maximum atomic E-state index is 8.45. The van der Waals surface area contributed by atoms with Crippen LogP contribution in [0.15, 0.2) is 12.4 Å². The van der Waals surface area contributed by atoms with Gasteiger partial charge in [0, 0.05) is 24.0 Å². The van der Waals surface area contributed by atoms with Crippen molar-refractivity contribution >= 4 is 35.6 Å². The number of halogens is 3. The highest BCUT2D eigenvalue weighted by molar-refractivity contribution is 6.35. The first-order chi connectivity index (χ1) is 6.16. The van der Waals surface area contributed by atoms with Gasteiger partial charge in [0.05, 0.1) is 22.5 Å². The summed E-state index contributed by atoms with van der Waals surface area (Å²) in [5, 5.41) is 9.24. The smallest absolute Gasteiger partial charge is 0.0652 e. The predicted molar refractivity (Wildman–Crippen MR) is 58.7 cm³/mol. The Morgan fingerprint density at radius 3 is 2.36 bits per heavy atom. The Bertz CT molecular complexity index is 328. The summed E-state index contributed by atoms with van der Waals surface area (Å²) < 4.78 is 0. The molecule has 0 unspecified atom stereocenters. The molecule has 0 spiro atoms. The number of hydrogen-bond acceptors (Lipinski definition) is 3. The molecule has 0 aliphatic heterocycles. The Hall–Kier alpha value is -0.530. The molecule has 1 aromatic rings. The monoisotopic (exact) mass is 251 g/mol. The molecule has 1 aromatic heterocycles. The zero-order valence-electron chi connectivity index (χ0n) is 7.08. The quantitative estimate of drug-likeness (QED) is 0.880. The Kier molecular flexibility index (Phi) is 5.82. The van der Waals surface area contributed by atoms with Crippen molar-refractivity contribution in [2.75, 3.05) is 0 Å². The van der Waals surface area contributed by atoms with Crippen molar-refractivity contribution in [2.24, 2.45) is 5.73 Å². The van der Waals surface area contributed by atoms with E-state index in [0.717, 1.165) is 0 Å². The van der Waals surface area contributed by atoms with Gasteiger partial charge in [-0.25, -0.2) is 0 Å². The molecule has 0 fully saturated rings. The van der Waals surface area contributed by atoms with E-state index in [0.29, 0.717) is 15.6 Å². The molecule has 0 radical (unpaired) electrons. The second-order valence-corrected chi connectivity index (χ2v) is 3.30. The third kappa shape index (κ3) is 3.00. The van der Waals surface area contributed by atoms with Crippen molar-refractivity contribution in [2.45, 2.75) is 12.5 Å². The van der Waals surface area contributed by atoms with Gasteiger partial charge >= 0.3 is 0 Å². The Labute approximate surface area is 98.2 Å². The Morgan fingerprint density at radius 1 is 1.43 bits per heavy atom. The van der Waals surface area contributed by atoms with Crippen LogP contribution in [0.2, 0.25) is 10.0 Å². The zero-order chi connectivity index (χ0) is 9.84. The van der Waals surface area contributed by atoms with Crippen molar-refractivity contribution in [1.82, 2.24) is 4.98 Å². The molecule has 1 rings (SSSR count). The number of hydrogen-bond donors (Lipinski definition) is 1. The van der Waals surface area contributed by atoms with Crippen LogP contribution in [0.4, 0.5) is 0 Å². The van der Waals surface area contributed by atoms with Crippen LogP contribution in [0.3, 0.4) is 0 Å². The van der Waals surface area contributed by atoms with Crippen molar-refractivity contribution < 1.29 is 0 Å². The van der Waals surface area contributed by atoms with E-state index in [9.17, 15) is 0 Å². The molecule has 0 aromatic carbocycles. The molecule has 0 saturated carbocycles. The van der Waals surface area contributed by atoms with Gasteiger partial charge in [0.15, 0.2) is 0 Å². The van der Waals surface area contributed by atoms with Crippen molar-refractivity contribution in [3.05, 3.63) is 28.0 Å². The molecule has 2 N–H and O–H groups in total. The first-order valence-corrected chi connectivity index (χ1v) is 4.34. The summed E-state index contributed by atoms with van der Waals surface area (Å²) in [5.74, 6) is 0. The van der Waals surface area contributed by atoms with E-state index in [4.69, 9.17) is 34.2 Å². The fraction of sp³-hybridized carbons (Fsp3) is 0.250. The average molecular weight is 253 g/mol. The fourth-order valence-corrected chi connectivity index (χ4v) is 1.62. The molecule has 3 nitrogen and oxygen atoms in total. The highest BCUT2D eigenvalue weighted by Crippen LogP contribution is 2.29. The van der Waals surface area contributed by atoms with Crippen LogP contribution in [0.5, 0.6) is 0 Å². The Balaban J connectivity index is 0.00000169. The second kappa shape index (κ2) is 6.05. The molecule has 0 amide bonds. The molecule has 0 bridgehead atoms. The summed E-state index contributed by atoms with van der Waals surface area (Å²) >= 11 is 11.6. The van der Waals surface area contributed by atoms with E-state index < -0.39 is 6.04 Å². The van der Waals surface area contributed by atoms with Crippen LogP contribution in [0.1, 0.15) is 18.0 Å². The van der Waals surface area contributed by atoms with Gasteiger partial charge in [0.2, 0.25) is 0 Å². The van der Waals surface area contributed by atoms with Crippen LogP contribution < -0.4 is 5.73 Å². The van der Waals surface area contributed by atoms with Gasteiger partial charge in [-0.05, 0) is 0 Å². The first-order valence-electron chi connectivity index (χ1n) is 3.58. The van der Waals surface area contributed by atoms with E-state index in [1.165, 1.54) is 12.4 Å². The van der Waals surface area contributed by atoms with Gasteiger partial charge in [-0.15, -0.1) is 12.4 Å². The van der Waals surface area contributed by atoms with E-state index in [1.54, 1.807) is 0 Å². The van der Waals surface area contributed by atoms with Crippen molar-refractivity contribution in [3.8, 4) is 6.07 Å². The maximum absolute atomic E-state index is 8.45. The summed E-state index contributed by atoms with van der Waals surface area (Å²) in [4.78, 5) is 3.78. The summed E-state index contributed by atoms with van der Waals surface area (Å²) in [6.45, 7) is 0. The van der Waals surface area contributed by atoms with Crippen LogP contribution in [0, 0.1) is 11.3 Å². The van der Waals surface area contributed by atoms with Crippen LogP contribution >= 0.6 is 35.6 Å². The molecule has 0 saturated heterocycles. The highest BCUT2D eigenvalue weighted by Gasteiger charge is 2.13. The molecule has 1 heterocycles. The molecule has 76 valence electrons. The second-order valence-electron chi connectivity index (χ2n) is 2.49. The number of nitriles is 1. The lowest BCUT2D eigenvalue weighted by Gasteiger charge is -2.10. The van der Waals surface area contributed by atoms with Gasteiger partial charge in [-0.3, -0.25) is 4.98 Å². The largest absolute Gasteiger partial charge is 0.323 e. The number of rotatable bonds is 2. The van der Waals surface area contributed by atoms with Gasteiger partial charge in [-0.2, -0.15) is 5.26 Å². The fourth-order valence-electron chi connectivity index (χ4n) is 0.976. The van der Waals surface area contributed by atoms with Crippen molar-refractivity contribution in [3.63, 3.8) is 0 Å². The first kappa shape index (κ1) is 13.5. The molecular formula is C8H8Cl3N3. The normalized spacial score (nSPS) is 11.3. The lowest BCUT2D eigenvalue weighted by atomic mass is 10.1. The highest BCUT2D eigenvalue weighted by atomic mass is 35.5. The minimum absolute atomic E-state index is 0. The summed E-state index contributed by atoms with van der Waals surface area (Å²) in [7, 11) is 0. The van der Waals surface area contributed by atoms with E-state index in [-0.39, 0.29) is 18.8 Å². The third-order valence-electron chi connectivity index (χ3n) is 1.57. The van der Waals surface area contributed by atoms with Gasteiger partial charge in [0.1, 0.15) is 0 Å². The minimum atomic E-state index is -0.451. The number of nitrogens with two attached hydrogens (primary N) is 1. The SMILES string of the molecule is Cl.N#CC[C@H](N)c1c(Cl)cncc1Cl. The molecule has 14 heavy (non-hydrogen) atoms. The molecule has 6 heteroatoms. The standard InChI is InChI=1S/C8H7Cl2N3.ClH/c9-5-3-13-4-6(10)8(5)7(12)1-2-11;/h3-4,7H,1,12H2;1H/t7-;/m0./s1. The van der Waals surface area contributed by atoms with Gasteiger partial charge in [0.25, 0.3) is 0 Å². The topological polar surface area (TPSA) is 62.7 Å². The molecule has 1 atom stereocenters. The molecular weight excluding hydrogens is 244 g/mol. The van der Waals surface area contributed by atoms with E-state index in [1.807, 2.05) is 6.07 Å². The lowest BCUT2D eigenvalue weighted by molar-refractivity contribution is 0.747. The van der Waals surface area contributed by atoms with Crippen LogP contribution in [-0.2, 0) is 0 Å². The van der Waals surface area contributed by atoms with Crippen LogP contribution in [-0.4, -0.2) is 4.98 Å². The molecule has 0 aliphatic rings. The third-order valence-corrected chi connectivity index (χ3v) is 2.17. The summed E-state index contributed by atoms with van der Waals surface area (Å²) in [5.41, 5.74) is 6.27. The van der Waals surface area contributed by atoms with E-state index in [2.05, 4.69) is 4.98 Å². The summed E-state index contributed by atoms with van der Waals surface area (Å²) in [6.07, 6.45) is 3.10. The Morgan fingerprint density at radius 2 is 1.93 bits per heavy atom. The van der Waals surface area contributed by atoms with Crippen molar-refractivity contribution in [1.29, 1.82) is 5.26 Å². The van der Waals surface area contributed by atoms with Gasteiger partial charge in [-0.1, -0.05) is 23.2 Å². The maximum Gasteiger partial charge on any atom is 0.0652 e. The number of nitrogens with zero attached hydrogens (tertiary/aromatic N) is 2. The zero-order valence-corrected chi connectivity index (χ0v) is 9.40.